The summed E-state index contributed by atoms with van der Waals surface area (Å²) >= 11 is 0. The van der Waals surface area contributed by atoms with Crippen LogP contribution in [-0.2, 0) is 6.18 Å². The fraction of sp³-hybridized carbons (Fsp3) is 0.385. The lowest BCUT2D eigenvalue weighted by Crippen LogP contribution is -2.29. The van der Waals surface area contributed by atoms with Crippen LogP contribution in [0.5, 0.6) is 0 Å². The number of nitro benzene ring substituents is 1. The summed E-state index contributed by atoms with van der Waals surface area (Å²) in [6.45, 7) is 6.71. The number of rotatable bonds is 5. The molecule has 21 heavy (non-hydrogen) atoms. The van der Waals surface area contributed by atoms with E-state index in [1.54, 1.807) is 6.92 Å². The van der Waals surface area contributed by atoms with Gasteiger partial charge in [-0.25, -0.2) is 0 Å². The highest BCUT2D eigenvalue weighted by molar-refractivity contribution is 5.58. The van der Waals surface area contributed by atoms with Crippen molar-refractivity contribution in [2.45, 2.75) is 32.0 Å². The summed E-state index contributed by atoms with van der Waals surface area (Å²) in [4.78, 5) is 9.54. The van der Waals surface area contributed by atoms with Gasteiger partial charge in [-0.15, -0.1) is 0 Å². The van der Waals surface area contributed by atoms with Gasteiger partial charge in [-0.1, -0.05) is 13.5 Å². The number of nitrogens with one attached hydrogen (secondary N) is 1. The zero-order chi connectivity index (χ0) is 16.4. The van der Waals surface area contributed by atoms with Crippen molar-refractivity contribution in [2.75, 3.05) is 5.32 Å². The third-order valence-corrected chi connectivity index (χ3v) is 3.13. The summed E-state index contributed by atoms with van der Waals surface area (Å²) in [6, 6.07) is 2.51. The van der Waals surface area contributed by atoms with Crippen molar-refractivity contribution in [1.82, 2.24) is 0 Å². The van der Waals surface area contributed by atoms with E-state index in [-0.39, 0.29) is 11.4 Å². The lowest BCUT2D eigenvalue weighted by Gasteiger charge is -2.25. The molecule has 1 atom stereocenters. The van der Waals surface area contributed by atoms with E-state index >= 15 is 0 Å². The predicted octanol–water partition coefficient (Wildman–Crippen LogP) is 3.70. The van der Waals surface area contributed by atoms with Crippen molar-refractivity contribution >= 4 is 11.4 Å². The van der Waals surface area contributed by atoms with Crippen LogP contribution in [-0.4, -0.2) is 15.6 Å². The molecule has 0 saturated carbocycles. The summed E-state index contributed by atoms with van der Waals surface area (Å²) in [6.07, 6.45) is -4.55. The molecule has 0 aliphatic carbocycles. The van der Waals surface area contributed by atoms with Crippen LogP contribution in [0.1, 0.15) is 25.8 Å². The van der Waals surface area contributed by atoms with E-state index in [0.717, 1.165) is 12.1 Å². The molecule has 0 aliphatic rings. The van der Waals surface area contributed by atoms with Crippen LogP contribution in [0.4, 0.5) is 24.5 Å². The van der Waals surface area contributed by atoms with Crippen LogP contribution in [0.2, 0.25) is 0 Å². The SMILES string of the molecule is C=C(Nc1ccc([N+](=O)[O-])c(C(F)(F)F)c1)C(C)(O)CC. The smallest absolute Gasteiger partial charge is 0.384 e. The quantitative estimate of drug-likeness (QED) is 0.642. The number of alkyl halides is 3. The van der Waals surface area contributed by atoms with Crippen molar-refractivity contribution in [3.8, 4) is 0 Å². The fourth-order valence-electron chi connectivity index (χ4n) is 1.52. The largest absolute Gasteiger partial charge is 0.423 e. The summed E-state index contributed by atoms with van der Waals surface area (Å²) in [7, 11) is 0. The van der Waals surface area contributed by atoms with Gasteiger partial charge in [0.2, 0.25) is 0 Å². The van der Waals surface area contributed by atoms with Gasteiger partial charge in [0.1, 0.15) is 11.2 Å². The maximum absolute atomic E-state index is 12.8. The van der Waals surface area contributed by atoms with E-state index in [4.69, 9.17) is 0 Å². The molecule has 0 heterocycles. The summed E-state index contributed by atoms with van der Waals surface area (Å²) in [5, 5.41) is 23.1. The van der Waals surface area contributed by atoms with E-state index < -0.39 is 28.0 Å². The molecule has 0 amide bonds. The van der Waals surface area contributed by atoms with Gasteiger partial charge in [-0.2, -0.15) is 13.2 Å². The second kappa shape index (κ2) is 5.72. The Morgan fingerprint density at radius 1 is 1.48 bits per heavy atom. The Labute approximate surface area is 119 Å². The van der Waals surface area contributed by atoms with E-state index in [0.29, 0.717) is 12.5 Å². The molecule has 1 aromatic rings. The first-order chi connectivity index (χ1) is 9.49. The van der Waals surface area contributed by atoms with Gasteiger partial charge in [0.25, 0.3) is 5.69 Å². The van der Waals surface area contributed by atoms with Gasteiger partial charge in [0.15, 0.2) is 0 Å². The number of benzene rings is 1. The molecule has 8 heteroatoms. The van der Waals surface area contributed by atoms with Crippen LogP contribution < -0.4 is 5.32 Å². The summed E-state index contributed by atoms with van der Waals surface area (Å²) < 4.78 is 38.5. The minimum Gasteiger partial charge on any atom is -0.384 e. The molecule has 0 aromatic heterocycles. The van der Waals surface area contributed by atoms with Crippen LogP contribution in [0.25, 0.3) is 0 Å². The molecule has 1 unspecified atom stereocenters. The van der Waals surface area contributed by atoms with Gasteiger partial charge in [-0.05, 0) is 25.5 Å². The predicted molar refractivity (Wildman–Crippen MR) is 71.8 cm³/mol. The van der Waals surface area contributed by atoms with Crippen molar-refractivity contribution in [3.05, 3.63) is 46.2 Å². The topological polar surface area (TPSA) is 75.4 Å². The van der Waals surface area contributed by atoms with Crippen LogP contribution in [0.3, 0.4) is 0 Å². The molecule has 116 valence electrons. The molecule has 1 rings (SSSR count). The Hall–Kier alpha value is -2.09. The highest BCUT2D eigenvalue weighted by Gasteiger charge is 2.38. The van der Waals surface area contributed by atoms with Crippen molar-refractivity contribution in [1.29, 1.82) is 0 Å². The van der Waals surface area contributed by atoms with Gasteiger partial charge >= 0.3 is 6.18 Å². The molecule has 0 aliphatic heterocycles. The zero-order valence-electron chi connectivity index (χ0n) is 11.5. The van der Waals surface area contributed by atoms with Crippen LogP contribution >= 0.6 is 0 Å². The average Bonchev–Trinajstić information content (AvgIpc) is 2.37. The molecule has 1 aromatic carbocycles. The highest BCUT2D eigenvalue weighted by Crippen LogP contribution is 2.38. The third-order valence-electron chi connectivity index (χ3n) is 3.13. The highest BCUT2D eigenvalue weighted by atomic mass is 19.4. The van der Waals surface area contributed by atoms with Gasteiger partial charge in [-0.3, -0.25) is 10.1 Å². The first kappa shape index (κ1) is 17.0. The van der Waals surface area contributed by atoms with Crippen LogP contribution in [0, 0.1) is 10.1 Å². The molecule has 0 radical (unpaired) electrons. The van der Waals surface area contributed by atoms with E-state index in [1.807, 2.05) is 0 Å². The normalized spacial score (nSPS) is 14.4. The lowest BCUT2D eigenvalue weighted by atomic mass is 10.00. The molecular weight excluding hydrogens is 289 g/mol. The number of nitro groups is 1. The summed E-state index contributed by atoms with van der Waals surface area (Å²) in [5.41, 5.74) is -3.62. The van der Waals surface area contributed by atoms with Gasteiger partial charge < -0.3 is 10.4 Å². The van der Waals surface area contributed by atoms with Crippen molar-refractivity contribution in [2.24, 2.45) is 0 Å². The van der Waals surface area contributed by atoms with E-state index in [2.05, 4.69) is 11.9 Å². The van der Waals surface area contributed by atoms with Crippen LogP contribution in [0.15, 0.2) is 30.5 Å². The molecule has 0 fully saturated rings. The Kier molecular flexibility index (Phi) is 4.62. The Morgan fingerprint density at radius 3 is 2.48 bits per heavy atom. The third kappa shape index (κ3) is 3.94. The maximum Gasteiger partial charge on any atom is 0.423 e. The number of nitrogens with zero attached hydrogens (tertiary/aromatic N) is 1. The van der Waals surface area contributed by atoms with Crippen molar-refractivity contribution < 1.29 is 23.2 Å². The van der Waals surface area contributed by atoms with Gasteiger partial charge in [0, 0.05) is 17.5 Å². The zero-order valence-corrected chi connectivity index (χ0v) is 11.5. The average molecular weight is 304 g/mol. The second-order valence-corrected chi connectivity index (χ2v) is 4.72. The second-order valence-electron chi connectivity index (χ2n) is 4.72. The Bertz CT molecular complexity index is 568. The monoisotopic (exact) mass is 304 g/mol. The van der Waals surface area contributed by atoms with E-state index in [9.17, 15) is 28.4 Å². The molecule has 0 saturated heterocycles. The number of hydrogen-bond acceptors (Lipinski definition) is 4. The molecule has 5 nitrogen and oxygen atoms in total. The minimum absolute atomic E-state index is 0.0355. The fourth-order valence-corrected chi connectivity index (χ4v) is 1.52. The van der Waals surface area contributed by atoms with Gasteiger partial charge in [0.05, 0.1) is 4.92 Å². The first-order valence-electron chi connectivity index (χ1n) is 6.03. The van der Waals surface area contributed by atoms with Crippen molar-refractivity contribution in [3.63, 3.8) is 0 Å². The maximum atomic E-state index is 12.8. The lowest BCUT2D eigenvalue weighted by molar-refractivity contribution is -0.388. The van der Waals surface area contributed by atoms with E-state index in [1.165, 1.54) is 6.92 Å². The molecular formula is C13H15F3N2O3. The standard InChI is InChI=1S/C13H15F3N2O3/c1-4-12(3,19)8(2)17-9-5-6-11(18(20)21)10(7-9)13(14,15)16/h5-7,17,19H,2,4H2,1,3H3. The number of hydrogen-bond donors (Lipinski definition) is 2. The molecule has 2 N–H and O–H groups in total. The minimum atomic E-state index is -4.85. The first-order valence-corrected chi connectivity index (χ1v) is 6.03. The number of aliphatic hydroxyl groups is 1. The Balaban J connectivity index is 3.18. The number of halogens is 3. The molecule has 0 bridgehead atoms. The number of anilines is 1. The molecule has 0 spiro atoms. The Morgan fingerprint density at radius 2 is 2.05 bits per heavy atom. The summed E-state index contributed by atoms with van der Waals surface area (Å²) in [5.74, 6) is 0.